The molecule has 2 aromatic rings. The predicted molar refractivity (Wildman–Crippen MR) is 91.7 cm³/mol. The lowest BCUT2D eigenvalue weighted by Gasteiger charge is -2.16. The first-order chi connectivity index (χ1) is 9.19. The first-order valence-electron chi connectivity index (χ1n) is 6.17. The summed E-state index contributed by atoms with van der Waals surface area (Å²) in [5.41, 5.74) is 3.73. The zero-order valence-electron chi connectivity index (χ0n) is 10.8. The summed E-state index contributed by atoms with van der Waals surface area (Å²) in [6.07, 6.45) is 0.157. The van der Waals surface area contributed by atoms with Crippen LogP contribution in [0.15, 0.2) is 53.0 Å². The third-order valence-electron chi connectivity index (χ3n) is 2.95. The Hall–Kier alpha value is -0.390. The molecule has 1 nitrogen and oxygen atoms in total. The molecule has 0 heterocycles. The highest BCUT2D eigenvalue weighted by Crippen LogP contribution is 2.22. The maximum atomic E-state index is 6.02. The summed E-state index contributed by atoms with van der Waals surface area (Å²) in [4.78, 5) is 0. The zero-order chi connectivity index (χ0) is 13.7. The maximum Gasteiger partial charge on any atom is 0.0918 e. The molecule has 19 heavy (non-hydrogen) atoms. The van der Waals surface area contributed by atoms with Crippen molar-refractivity contribution in [3.63, 3.8) is 0 Å². The van der Waals surface area contributed by atoms with Crippen molar-refractivity contribution in [2.24, 2.45) is 0 Å². The molecule has 0 saturated carbocycles. The summed E-state index contributed by atoms with van der Waals surface area (Å²) in [6, 6.07) is 16.8. The maximum absolute atomic E-state index is 6.02. The molecule has 0 spiro atoms. The summed E-state index contributed by atoms with van der Waals surface area (Å²) >= 11 is 5.82. The van der Waals surface area contributed by atoms with E-state index in [-0.39, 0.29) is 6.10 Å². The Labute approximate surface area is 136 Å². The van der Waals surface area contributed by atoms with E-state index < -0.39 is 0 Å². The summed E-state index contributed by atoms with van der Waals surface area (Å²) < 4.78 is 8.07. The van der Waals surface area contributed by atoms with Gasteiger partial charge in [-0.15, -0.1) is 0 Å². The molecule has 1 atom stereocenters. The lowest BCUT2D eigenvalue weighted by atomic mass is 10.1. The van der Waals surface area contributed by atoms with Gasteiger partial charge in [0.25, 0.3) is 0 Å². The molecule has 2 aromatic carbocycles. The number of hydrogen-bond donors (Lipinski definition) is 0. The topological polar surface area (TPSA) is 9.23 Å². The number of hydrogen-bond acceptors (Lipinski definition) is 1. The number of rotatable bonds is 5. The Morgan fingerprint density at radius 1 is 1.05 bits per heavy atom. The van der Waals surface area contributed by atoms with Gasteiger partial charge >= 0.3 is 0 Å². The van der Waals surface area contributed by atoms with Crippen LogP contribution in [0.1, 0.15) is 22.8 Å². The highest BCUT2D eigenvalue weighted by atomic mass is 127. The van der Waals surface area contributed by atoms with Crippen molar-refractivity contribution in [2.75, 3.05) is 4.43 Å². The zero-order valence-corrected chi connectivity index (χ0v) is 14.5. The van der Waals surface area contributed by atoms with Crippen LogP contribution in [0.3, 0.4) is 0 Å². The Bertz CT molecular complexity index is 507. The van der Waals surface area contributed by atoms with Crippen LogP contribution in [0.4, 0.5) is 0 Å². The molecule has 0 aliphatic rings. The molecule has 3 heteroatoms. The largest absolute Gasteiger partial charge is 0.368 e. The summed E-state index contributed by atoms with van der Waals surface area (Å²) in [5.74, 6) is 0. The standard InChI is InChI=1S/C16H16BrIO/c1-12-2-6-14(7-3-12)16(10-18)19-11-13-4-8-15(17)9-5-13/h2-9,16H,10-11H2,1H3. The SMILES string of the molecule is Cc1ccc(C(CI)OCc2ccc(Br)cc2)cc1. The van der Waals surface area contributed by atoms with Crippen LogP contribution in [0, 0.1) is 6.92 Å². The van der Waals surface area contributed by atoms with Crippen molar-refractivity contribution in [3.05, 3.63) is 69.7 Å². The Morgan fingerprint density at radius 2 is 1.68 bits per heavy atom. The fraction of sp³-hybridized carbons (Fsp3) is 0.250. The number of halogens is 2. The molecule has 2 rings (SSSR count). The van der Waals surface area contributed by atoms with Gasteiger partial charge < -0.3 is 4.74 Å². The molecule has 0 fully saturated rings. The van der Waals surface area contributed by atoms with Crippen molar-refractivity contribution in [3.8, 4) is 0 Å². The molecular weight excluding hydrogens is 415 g/mol. The van der Waals surface area contributed by atoms with E-state index in [1.54, 1.807) is 0 Å². The molecule has 100 valence electrons. The molecule has 0 amide bonds. The Morgan fingerprint density at radius 3 is 2.26 bits per heavy atom. The quantitative estimate of drug-likeness (QED) is 0.452. The molecule has 0 aliphatic heterocycles. The molecule has 0 aliphatic carbocycles. The van der Waals surface area contributed by atoms with Crippen LogP contribution in [-0.4, -0.2) is 4.43 Å². The minimum atomic E-state index is 0.157. The van der Waals surface area contributed by atoms with Crippen molar-refractivity contribution < 1.29 is 4.74 Å². The van der Waals surface area contributed by atoms with E-state index in [2.05, 4.69) is 81.8 Å². The fourth-order valence-corrected chi connectivity index (χ4v) is 2.82. The van der Waals surface area contributed by atoms with Gasteiger partial charge in [-0.2, -0.15) is 0 Å². The van der Waals surface area contributed by atoms with E-state index >= 15 is 0 Å². The van der Waals surface area contributed by atoms with Gasteiger partial charge in [-0.1, -0.05) is 80.5 Å². The van der Waals surface area contributed by atoms with Gasteiger partial charge in [0.15, 0.2) is 0 Å². The molecular formula is C16H16BrIO. The second-order valence-electron chi connectivity index (χ2n) is 4.49. The van der Waals surface area contributed by atoms with Gasteiger partial charge in [-0.3, -0.25) is 0 Å². The first kappa shape index (κ1) is 15.0. The third kappa shape index (κ3) is 4.58. The molecule has 0 bridgehead atoms. The van der Waals surface area contributed by atoms with Gasteiger partial charge in [0, 0.05) is 8.90 Å². The first-order valence-corrected chi connectivity index (χ1v) is 8.49. The van der Waals surface area contributed by atoms with Gasteiger partial charge in [0.2, 0.25) is 0 Å². The lowest BCUT2D eigenvalue weighted by molar-refractivity contribution is 0.0577. The van der Waals surface area contributed by atoms with Gasteiger partial charge in [-0.05, 0) is 30.2 Å². The monoisotopic (exact) mass is 430 g/mol. The highest BCUT2D eigenvalue weighted by molar-refractivity contribution is 14.1. The van der Waals surface area contributed by atoms with E-state index in [1.165, 1.54) is 16.7 Å². The Kier molecular flexibility index (Phi) is 5.85. The fourth-order valence-electron chi connectivity index (χ4n) is 1.79. The van der Waals surface area contributed by atoms with Crippen LogP contribution in [-0.2, 0) is 11.3 Å². The predicted octanol–water partition coefficient (Wildman–Crippen LogP) is 5.45. The van der Waals surface area contributed by atoms with E-state index in [4.69, 9.17) is 4.74 Å². The average molecular weight is 431 g/mol. The van der Waals surface area contributed by atoms with Crippen LogP contribution in [0.5, 0.6) is 0 Å². The molecule has 0 radical (unpaired) electrons. The van der Waals surface area contributed by atoms with Crippen molar-refractivity contribution in [1.82, 2.24) is 0 Å². The Balaban J connectivity index is 1.99. The van der Waals surface area contributed by atoms with Crippen LogP contribution >= 0.6 is 38.5 Å². The van der Waals surface area contributed by atoms with Crippen molar-refractivity contribution >= 4 is 38.5 Å². The van der Waals surface area contributed by atoms with E-state index in [9.17, 15) is 0 Å². The summed E-state index contributed by atoms with van der Waals surface area (Å²) in [6.45, 7) is 2.75. The van der Waals surface area contributed by atoms with Crippen LogP contribution in [0.25, 0.3) is 0 Å². The smallest absolute Gasteiger partial charge is 0.0918 e. The minimum Gasteiger partial charge on any atom is -0.368 e. The van der Waals surface area contributed by atoms with Gasteiger partial charge in [0.05, 0.1) is 12.7 Å². The number of alkyl halides is 1. The summed E-state index contributed by atoms with van der Waals surface area (Å²) in [7, 11) is 0. The second-order valence-corrected chi connectivity index (χ2v) is 6.29. The van der Waals surface area contributed by atoms with E-state index in [0.29, 0.717) is 6.61 Å². The minimum absolute atomic E-state index is 0.157. The lowest BCUT2D eigenvalue weighted by Crippen LogP contribution is -2.06. The number of ether oxygens (including phenoxy) is 1. The van der Waals surface area contributed by atoms with Crippen molar-refractivity contribution in [1.29, 1.82) is 0 Å². The van der Waals surface area contributed by atoms with Gasteiger partial charge in [0.1, 0.15) is 0 Å². The van der Waals surface area contributed by atoms with Crippen molar-refractivity contribution in [2.45, 2.75) is 19.6 Å². The normalized spacial score (nSPS) is 12.4. The third-order valence-corrected chi connectivity index (χ3v) is 4.28. The van der Waals surface area contributed by atoms with E-state index in [1.807, 2.05) is 12.1 Å². The van der Waals surface area contributed by atoms with Gasteiger partial charge in [-0.25, -0.2) is 0 Å². The summed E-state index contributed by atoms with van der Waals surface area (Å²) in [5, 5.41) is 0. The molecule has 0 aromatic heterocycles. The molecule has 0 N–H and O–H groups in total. The van der Waals surface area contributed by atoms with Crippen LogP contribution < -0.4 is 0 Å². The van der Waals surface area contributed by atoms with E-state index in [0.717, 1.165) is 8.90 Å². The number of benzene rings is 2. The highest BCUT2D eigenvalue weighted by Gasteiger charge is 2.10. The van der Waals surface area contributed by atoms with Crippen LogP contribution in [0.2, 0.25) is 0 Å². The molecule has 0 saturated heterocycles. The molecule has 1 unspecified atom stereocenters. The second kappa shape index (κ2) is 7.41. The average Bonchev–Trinajstić information content (AvgIpc) is 2.43. The number of aryl methyl sites for hydroxylation is 1.